The van der Waals surface area contributed by atoms with Gasteiger partial charge in [0.2, 0.25) is 5.78 Å². The van der Waals surface area contributed by atoms with E-state index in [0.717, 1.165) is 5.69 Å². The normalized spacial score (nSPS) is 13.8. The summed E-state index contributed by atoms with van der Waals surface area (Å²) in [6, 6.07) is 4.97. The maximum atomic E-state index is 12.9. The number of carbonyl (C=O) groups excluding carboxylic acids is 2. The quantitative estimate of drug-likeness (QED) is 0.598. The molecular weight excluding hydrogens is 348 g/mol. The fourth-order valence-electron chi connectivity index (χ4n) is 3.17. The third-order valence-corrected chi connectivity index (χ3v) is 4.48. The van der Waals surface area contributed by atoms with Crippen molar-refractivity contribution in [3.05, 3.63) is 40.7 Å². The molecule has 0 amide bonds. The summed E-state index contributed by atoms with van der Waals surface area (Å²) < 4.78 is 16.2. The maximum absolute atomic E-state index is 12.9. The van der Waals surface area contributed by atoms with Crippen molar-refractivity contribution in [1.82, 2.24) is 4.98 Å². The number of ketones is 1. The second kappa shape index (κ2) is 7.73. The summed E-state index contributed by atoms with van der Waals surface area (Å²) in [4.78, 5) is 28.1. The number of H-pyrrole nitrogens is 1. The Hall–Kier alpha value is -2.96. The van der Waals surface area contributed by atoms with Crippen LogP contribution >= 0.6 is 0 Å². The standard InChI is InChI=1S/C20H24N2O5/c1-5-25-20(24)17-11(2)18(22-12(17)3)19(23)13(4)21-14-6-7-15-16(10-14)27-9-8-26-15/h6-7,10,13,21-22H,5,8-9H2,1-4H3/t13-/m0/s1. The number of aromatic amines is 1. The lowest BCUT2D eigenvalue weighted by atomic mass is 10.0. The SMILES string of the molecule is CCOC(=O)c1c(C)[nH]c(C(=O)[C@H](C)Nc2ccc3c(c2)OCCO3)c1C. The van der Waals surface area contributed by atoms with E-state index in [1.165, 1.54) is 0 Å². The van der Waals surface area contributed by atoms with Crippen LogP contribution < -0.4 is 14.8 Å². The van der Waals surface area contributed by atoms with Gasteiger partial charge < -0.3 is 24.5 Å². The third-order valence-electron chi connectivity index (χ3n) is 4.48. The number of hydrogen-bond donors (Lipinski definition) is 2. The van der Waals surface area contributed by atoms with Crippen LogP contribution in [0.1, 0.15) is 46.0 Å². The first-order chi connectivity index (χ1) is 12.9. The summed E-state index contributed by atoms with van der Waals surface area (Å²) in [5, 5.41) is 3.18. The van der Waals surface area contributed by atoms with Crippen molar-refractivity contribution in [2.24, 2.45) is 0 Å². The van der Waals surface area contributed by atoms with Crippen LogP contribution in [0.25, 0.3) is 0 Å². The van der Waals surface area contributed by atoms with Gasteiger partial charge in [-0.3, -0.25) is 4.79 Å². The number of aryl methyl sites for hydroxylation is 1. The number of hydrogen-bond acceptors (Lipinski definition) is 6. The number of Topliss-reactive ketones (excluding diaryl/α,β-unsaturated/α-hetero) is 1. The molecule has 0 aliphatic carbocycles. The van der Waals surface area contributed by atoms with Crippen LogP contribution in [0, 0.1) is 13.8 Å². The van der Waals surface area contributed by atoms with Gasteiger partial charge in [-0.2, -0.15) is 0 Å². The first kappa shape index (κ1) is 18.8. The zero-order chi connectivity index (χ0) is 19.6. The van der Waals surface area contributed by atoms with Gasteiger partial charge in [0.1, 0.15) is 13.2 Å². The molecule has 0 radical (unpaired) electrons. The summed E-state index contributed by atoms with van der Waals surface area (Å²) >= 11 is 0. The van der Waals surface area contributed by atoms with Gasteiger partial charge in [-0.05, 0) is 45.4 Å². The second-order valence-electron chi connectivity index (χ2n) is 6.43. The van der Waals surface area contributed by atoms with Crippen LogP contribution in [-0.4, -0.2) is 42.6 Å². The van der Waals surface area contributed by atoms with Gasteiger partial charge in [0.05, 0.1) is 23.9 Å². The molecule has 144 valence electrons. The second-order valence-corrected chi connectivity index (χ2v) is 6.43. The average molecular weight is 372 g/mol. The molecule has 0 spiro atoms. The molecule has 2 heterocycles. The fourth-order valence-corrected chi connectivity index (χ4v) is 3.17. The van der Waals surface area contributed by atoms with E-state index < -0.39 is 12.0 Å². The zero-order valence-electron chi connectivity index (χ0n) is 16.0. The molecule has 7 heteroatoms. The highest BCUT2D eigenvalue weighted by Gasteiger charge is 2.26. The lowest BCUT2D eigenvalue weighted by Gasteiger charge is -2.20. The molecule has 1 aliphatic heterocycles. The lowest BCUT2D eigenvalue weighted by molar-refractivity contribution is 0.0525. The first-order valence-corrected chi connectivity index (χ1v) is 8.99. The van der Waals surface area contributed by atoms with E-state index in [2.05, 4.69) is 10.3 Å². The van der Waals surface area contributed by atoms with E-state index in [0.29, 0.717) is 47.2 Å². The molecule has 3 rings (SSSR count). The van der Waals surface area contributed by atoms with Crippen LogP contribution in [0.2, 0.25) is 0 Å². The van der Waals surface area contributed by atoms with Crippen LogP contribution in [0.3, 0.4) is 0 Å². The minimum Gasteiger partial charge on any atom is -0.486 e. The number of rotatable bonds is 6. The summed E-state index contributed by atoms with van der Waals surface area (Å²) in [7, 11) is 0. The Kier molecular flexibility index (Phi) is 5.39. The topological polar surface area (TPSA) is 89.7 Å². The van der Waals surface area contributed by atoms with Crippen molar-refractivity contribution in [1.29, 1.82) is 0 Å². The summed E-state index contributed by atoms with van der Waals surface area (Å²) in [5.74, 6) is 0.791. The Balaban J connectivity index is 1.78. The maximum Gasteiger partial charge on any atom is 0.340 e. The molecular formula is C20H24N2O5. The summed E-state index contributed by atoms with van der Waals surface area (Å²) in [6.45, 7) is 8.35. The first-order valence-electron chi connectivity index (χ1n) is 8.99. The minimum atomic E-state index is -0.501. The third kappa shape index (κ3) is 3.77. The summed E-state index contributed by atoms with van der Waals surface area (Å²) in [6.07, 6.45) is 0. The molecule has 7 nitrogen and oxygen atoms in total. The predicted octanol–water partition coefficient (Wildman–Crippen LogP) is 3.26. The van der Waals surface area contributed by atoms with Gasteiger partial charge in [-0.1, -0.05) is 0 Å². The molecule has 0 unspecified atom stereocenters. The molecule has 0 saturated carbocycles. The molecule has 1 aromatic carbocycles. The van der Waals surface area contributed by atoms with Crippen molar-refractivity contribution in [2.75, 3.05) is 25.1 Å². The van der Waals surface area contributed by atoms with Crippen molar-refractivity contribution in [3.63, 3.8) is 0 Å². The molecule has 1 aliphatic rings. The number of anilines is 1. The molecule has 2 aromatic rings. The predicted molar refractivity (Wildman–Crippen MR) is 101 cm³/mol. The van der Waals surface area contributed by atoms with Crippen LogP contribution in [0.5, 0.6) is 11.5 Å². The van der Waals surface area contributed by atoms with Crippen LogP contribution in [-0.2, 0) is 4.74 Å². The van der Waals surface area contributed by atoms with Gasteiger partial charge in [0.15, 0.2) is 11.5 Å². The van der Waals surface area contributed by atoms with Gasteiger partial charge in [-0.25, -0.2) is 4.79 Å². The smallest absolute Gasteiger partial charge is 0.340 e. The van der Waals surface area contributed by atoms with E-state index in [9.17, 15) is 9.59 Å². The number of nitrogens with one attached hydrogen (secondary N) is 2. The van der Waals surface area contributed by atoms with Crippen molar-refractivity contribution >= 4 is 17.4 Å². The van der Waals surface area contributed by atoms with Crippen molar-refractivity contribution in [2.45, 2.75) is 33.7 Å². The largest absolute Gasteiger partial charge is 0.486 e. The Morgan fingerprint density at radius 2 is 1.93 bits per heavy atom. The Morgan fingerprint density at radius 3 is 2.63 bits per heavy atom. The molecule has 0 saturated heterocycles. The number of benzene rings is 1. The number of ether oxygens (including phenoxy) is 3. The molecule has 2 N–H and O–H groups in total. The Labute approximate surface area is 158 Å². The monoisotopic (exact) mass is 372 g/mol. The Morgan fingerprint density at radius 1 is 1.22 bits per heavy atom. The average Bonchev–Trinajstić information content (AvgIpc) is 2.95. The van der Waals surface area contributed by atoms with Gasteiger partial charge in [0.25, 0.3) is 0 Å². The molecule has 0 fully saturated rings. The van der Waals surface area contributed by atoms with Crippen LogP contribution in [0.4, 0.5) is 5.69 Å². The summed E-state index contributed by atoms with van der Waals surface area (Å²) in [5.41, 5.74) is 2.82. The van der Waals surface area contributed by atoms with Crippen molar-refractivity contribution < 1.29 is 23.8 Å². The number of aromatic nitrogens is 1. The van der Waals surface area contributed by atoms with Crippen LogP contribution in [0.15, 0.2) is 18.2 Å². The van der Waals surface area contributed by atoms with Crippen molar-refractivity contribution in [3.8, 4) is 11.5 Å². The lowest BCUT2D eigenvalue weighted by Crippen LogP contribution is -2.27. The highest BCUT2D eigenvalue weighted by atomic mass is 16.6. The Bertz CT molecular complexity index is 871. The van der Waals surface area contributed by atoms with E-state index in [1.807, 2.05) is 18.2 Å². The molecule has 27 heavy (non-hydrogen) atoms. The number of carbonyl (C=O) groups is 2. The fraction of sp³-hybridized carbons (Fsp3) is 0.400. The van der Waals surface area contributed by atoms with E-state index in [1.54, 1.807) is 27.7 Å². The number of fused-ring (bicyclic) bond motifs is 1. The van der Waals surface area contributed by atoms with E-state index >= 15 is 0 Å². The highest BCUT2D eigenvalue weighted by Crippen LogP contribution is 2.33. The van der Waals surface area contributed by atoms with E-state index in [-0.39, 0.29) is 12.4 Å². The zero-order valence-corrected chi connectivity index (χ0v) is 16.0. The molecule has 1 aromatic heterocycles. The van der Waals surface area contributed by atoms with Gasteiger partial charge in [-0.15, -0.1) is 0 Å². The van der Waals surface area contributed by atoms with Gasteiger partial charge in [0, 0.05) is 17.4 Å². The van der Waals surface area contributed by atoms with Gasteiger partial charge >= 0.3 is 5.97 Å². The molecule has 0 bridgehead atoms. The minimum absolute atomic E-state index is 0.138. The molecule has 1 atom stereocenters. The highest BCUT2D eigenvalue weighted by molar-refractivity contribution is 6.04. The van der Waals surface area contributed by atoms with E-state index in [4.69, 9.17) is 14.2 Å². The number of esters is 1.